The molecule has 2 aromatic carbocycles. The minimum absolute atomic E-state index is 0.161. The third-order valence-corrected chi connectivity index (χ3v) is 6.29. The Morgan fingerprint density at radius 1 is 1.11 bits per heavy atom. The van der Waals surface area contributed by atoms with Gasteiger partial charge >= 0.3 is 6.03 Å². The Bertz CT molecular complexity index is 976. The van der Waals surface area contributed by atoms with Gasteiger partial charge in [0, 0.05) is 10.9 Å². The van der Waals surface area contributed by atoms with E-state index < -0.39 is 5.54 Å². The lowest BCUT2D eigenvalue weighted by atomic mass is 9.78. The number of urea groups is 1. The van der Waals surface area contributed by atoms with Gasteiger partial charge < -0.3 is 14.8 Å². The van der Waals surface area contributed by atoms with Crippen LogP contribution in [-0.4, -0.2) is 29.2 Å². The molecule has 2 aromatic rings. The summed E-state index contributed by atoms with van der Waals surface area (Å²) in [6.07, 6.45) is 1.93. The zero-order valence-electron chi connectivity index (χ0n) is 14.5. The number of nitrogens with zero attached hydrogens (tertiary/aromatic N) is 1. The minimum atomic E-state index is -0.839. The number of ether oxygens (including phenoxy) is 2. The molecule has 1 spiro atoms. The van der Waals surface area contributed by atoms with Crippen molar-refractivity contribution in [3.8, 4) is 11.5 Å². The Kier molecular flexibility index (Phi) is 3.69. The lowest BCUT2D eigenvalue weighted by molar-refractivity contribution is -0.132. The molecule has 1 fully saturated rings. The predicted octanol–water partition coefficient (Wildman–Crippen LogP) is 3.16. The van der Waals surface area contributed by atoms with Gasteiger partial charge in [-0.1, -0.05) is 40.2 Å². The second kappa shape index (κ2) is 5.99. The third kappa shape index (κ3) is 2.60. The molecule has 0 saturated carbocycles. The van der Waals surface area contributed by atoms with Gasteiger partial charge in [-0.25, -0.2) is 4.79 Å². The van der Waals surface area contributed by atoms with E-state index in [1.165, 1.54) is 10.5 Å². The van der Waals surface area contributed by atoms with Crippen molar-refractivity contribution in [1.29, 1.82) is 0 Å². The standard InChI is InChI=1S/C20H17BrN2O4/c21-15-8-17-16(26-11-27-17)7-14(15)10-23-18(24)20(22-19(23)25)6-5-12-3-1-2-4-13(12)9-20/h1-4,7-8H,5-6,9-11H2,(H,22,25). The molecule has 0 bridgehead atoms. The maximum Gasteiger partial charge on any atom is 0.325 e. The van der Waals surface area contributed by atoms with Crippen LogP contribution in [0.2, 0.25) is 0 Å². The van der Waals surface area contributed by atoms with Crippen molar-refractivity contribution in [1.82, 2.24) is 10.2 Å². The van der Waals surface area contributed by atoms with Crippen LogP contribution in [0.25, 0.3) is 0 Å². The summed E-state index contributed by atoms with van der Waals surface area (Å²) in [5.74, 6) is 1.12. The topological polar surface area (TPSA) is 67.9 Å². The number of fused-ring (bicyclic) bond motifs is 2. The SMILES string of the molecule is O=C1NC2(CCc3ccccc3C2)C(=O)N1Cc1cc2c(cc1Br)OCO2. The van der Waals surface area contributed by atoms with Crippen LogP contribution in [0.3, 0.4) is 0 Å². The fraction of sp³-hybridized carbons (Fsp3) is 0.300. The summed E-state index contributed by atoms with van der Waals surface area (Å²) >= 11 is 3.50. The van der Waals surface area contributed by atoms with Crippen molar-refractivity contribution >= 4 is 27.9 Å². The summed E-state index contributed by atoms with van der Waals surface area (Å²) in [6.45, 7) is 0.363. The van der Waals surface area contributed by atoms with Crippen LogP contribution in [0, 0.1) is 0 Å². The van der Waals surface area contributed by atoms with E-state index >= 15 is 0 Å². The summed E-state index contributed by atoms with van der Waals surface area (Å²) in [7, 11) is 0. The fourth-order valence-corrected chi connectivity index (χ4v) is 4.54. The molecular weight excluding hydrogens is 412 g/mol. The first-order valence-corrected chi connectivity index (χ1v) is 9.64. The number of carbonyl (C=O) groups is 2. The molecule has 3 aliphatic rings. The van der Waals surface area contributed by atoms with Gasteiger partial charge in [-0.15, -0.1) is 0 Å². The Morgan fingerprint density at radius 2 is 1.85 bits per heavy atom. The lowest BCUT2D eigenvalue weighted by Gasteiger charge is -2.32. The third-order valence-electron chi connectivity index (χ3n) is 5.55. The van der Waals surface area contributed by atoms with Gasteiger partial charge in [0.1, 0.15) is 5.54 Å². The van der Waals surface area contributed by atoms with Gasteiger partial charge in [-0.2, -0.15) is 0 Å². The molecule has 138 valence electrons. The fourth-order valence-electron chi connectivity index (χ4n) is 4.10. The van der Waals surface area contributed by atoms with Gasteiger partial charge in [0.05, 0.1) is 6.54 Å². The van der Waals surface area contributed by atoms with Gasteiger partial charge in [0.25, 0.3) is 5.91 Å². The molecule has 6 nitrogen and oxygen atoms in total. The van der Waals surface area contributed by atoms with Crippen molar-refractivity contribution < 1.29 is 19.1 Å². The molecule has 7 heteroatoms. The van der Waals surface area contributed by atoms with Crippen molar-refractivity contribution in [3.05, 3.63) is 57.6 Å². The van der Waals surface area contributed by atoms with Gasteiger partial charge in [0.15, 0.2) is 11.5 Å². The largest absolute Gasteiger partial charge is 0.454 e. The number of amides is 3. The van der Waals surface area contributed by atoms with Crippen molar-refractivity contribution in [2.24, 2.45) is 0 Å². The number of aryl methyl sites for hydroxylation is 1. The highest BCUT2D eigenvalue weighted by molar-refractivity contribution is 9.10. The highest BCUT2D eigenvalue weighted by Gasteiger charge is 2.52. The number of hydrogen-bond donors (Lipinski definition) is 1. The van der Waals surface area contributed by atoms with Crippen LogP contribution < -0.4 is 14.8 Å². The van der Waals surface area contributed by atoms with Crippen LogP contribution >= 0.6 is 15.9 Å². The summed E-state index contributed by atoms with van der Waals surface area (Å²) in [5, 5.41) is 2.97. The van der Waals surface area contributed by atoms with Crippen molar-refractivity contribution in [2.75, 3.05) is 6.79 Å². The van der Waals surface area contributed by atoms with E-state index in [9.17, 15) is 9.59 Å². The van der Waals surface area contributed by atoms with Crippen LogP contribution in [0.4, 0.5) is 4.79 Å². The van der Waals surface area contributed by atoms with E-state index in [1.54, 1.807) is 0 Å². The minimum Gasteiger partial charge on any atom is -0.454 e. The first-order valence-electron chi connectivity index (χ1n) is 8.85. The monoisotopic (exact) mass is 428 g/mol. The first-order chi connectivity index (χ1) is 13.1. The highest BCUT2D eigenvalue weighted by atomic mass is 79.9. The normalized spacial score (nSPS) is 22.9. The second-order valence-corrected chi connectivity index (χ2v) is 8.00. The van der Waals surface area contributed by atoms with E-state index in [0.29, 0.717) is 24.3 Å². The summed E-state index contributed by atoms with van der Waals surface area (Å²) < 4.78 is 11.6. The second-order valence-electron chi connectivity index (χ2n) is 7.15. The molecular formula is C20H17BrN2O4. The Hall–Kier alpha value is -2.54. The van der Waals surface area contributed by atoms with E-state index in [0.717, 1.165) is 22.0 Å². The van der Waals surface area contributed by atoms with E-state index in [1.807, 2.05) is 30.3 Å². The molecule has 1 aliphatic carbocycles. The molecule has 1 atom stereocenters. The van der Waals surface area contributed by atoms with Crippen LogP contribution in [0.1, 0.15) is 23.1 Å². The predicted molar refractivity (Wildman–Crippen MR) is 101 cm³/mol. The molecule has 3 amide bonds. The maximum atomic E-state index is 13.2. The Morgan fingerprint density at radius 3 is 2.67 bits per heavy atom. The zero-order valence-corrected chi connectivity index (χ0v) is 16.0. The van der Waals surface area contributed by atoms with Crippen LogP contribution in [0.5, 0.6) is 11.5 Å². The van der Waals surface area contributed by atoms with Crippen molar-refractivity contribution in [2.45, 2.75) is 31.3 Å². The van der Waals surface area contributed by atoms with Crippen LogP contribution in [-0.2, 0) is 24.2 Å². The van der Waals surface area contributed by atoms with Gasteiger partial charge in [-0.3, -0.25) is 9.69 Å². The van der Waals surface area contributed by atoms with Crippen molar-refractivity contribution in [3.63, 3.8) is 0 Å². The van der Waals surface area contributed by atoms with Gasteiger partial charge in [0.2, 0.25) is 6.79 Å². The molecule has 2 heterocycles. The number of imide groups is 1. The summed E-state index contributed by atoms with van der Waals surface area (Å²) in [6, 6.07) is 11.4. The Labute approximate surface area is 164 Å². The van der Waals surface area contributed by atoms with E-state index in [2.05, 4.69) is 27.3 Å². The molecule has 1 unspecified atom stereocenters. The number of hydrogen-bond acceptors (Lipinski definition) is 4. The number of rotatable bonds is 2. The number of halogens is 1. The molecule has 5 rings (SSSR count). The van der Waals surface area contributed by atoms with E-state index in [-0.39, 0.29) is 25.3 Å². The molecule has 2 aliphatic heterocycles. The molecule has 0 aromatic heterocycles. The summed E-state index contributed by atoms with van der Waals surface area (Å²) in [4.78, 5) is 27.2. The first kappa shape index (κ1) is 16.6. The molecule has 27 heavy (non-hydrogen) atoms. The number of carbonyl (C=O) groups excluding carboxylic acids is 2. The van der Waals surface area contributed by atoms with Gasteiger partial charge in [-0.05, 0) is 41.7 Å². The number of nitrogens with one attached hydrogen (secondary N) is 1. The molecule has 0 radical (unpaired) electrons. The zero-order chi connectivity index (χ0) is 18.6. The molecule has 1 N–H and O–H groups in total. The maximum absolute atomic E-state index is 13.2. The number of benzene rings is 2. The summed E-state index contributed by atoms with van der Waals surface area (Å²) in [5.41, 5.74) is 2.34. The average molecular weight is 429 g/mol. The van der Waals surface area contributed by atoms with Crippen LogP contribution in [0.15, 0.2) is 40.9 Å². The highest BCUT2D eigenvalue weighted by Crippen LogP contribution is 2.39. The molecule has 1 saturated heterocycles. The van der Waals surface area contributed by atoms with E-state index in [4.69, 9.17) is 9.47 Å². The average Bonchev–Trinajstić information content (AvgIpc) is 3.20. The quantitative estimate of drug-likeness (QED) is 0.745. The smallest absolute Gasteiger partial charge is 0.325 e. The lowest BCUT2D eigenvalue weighted by Crippen LogP contribution is -2.51. The Balaban J connectivity index is 1.43.